The summed E-state index contributed by atoms with van der Waals surface area (Å²) in [6.07, 6.45) is 12.1. The zero-order valence-corrected chi connectivity index (χ0v) is 13.5. The lowest BCUT2D eigenvalue weighted by Crippen LogP contribution is -2.47. The van der Waals surface area contributed by atoms with E-state index in [9.17, 15) is 9.90 Å². The number of unbranched alkanes of at least 4 members (excludes halogenated alkanes) is 2. The molecule has 1 unspecified atom stereocenters. The summed E-state index contributed by atoms with van der Waals surface area (Å²) in [5.74, 6) is -0.355. The lowest BCUT2D eigenvalue weighted by molar-refractivity contribution is -0.141. The Labute approximate surface area is 129 Å². The highest BCUT2D eigenvalue weighted by atomic mass is 35.5. The van der Waals surface area contributed by atoms with Crippen molar-refractivity contribution in [2.24, 2.45) is 5.92 Å². The Kier molecular flexibility index (Phi) is 10.9. The molecular formula is C16H30ClNO2. The van der Waals surface area contributed by atoms with Crippen LogP contribution in [0.1, 0.15) is 64.7 Å². The van der Waals surface area contributed by atoms with Gasteiger partial charge in [-0.2, -0.15) is 0 Å². The summed E-state index contributed by atoms with van der Waals surface area (Å²) in [6.45, 7) is 5.82. The fourth-order valence-corrected chi connectivity index (χ4v) is 3.01. The molecule has 0 radical (unpaired) electrons. The van der Waals surface area contributed by atoms with Crippen molar-refractivity contribution in [3.63, 3.8) is 0 Å². The van der Waals surface area contributed by atoms with Crippen LogP contribution in [0.5, 0.6) is 0 Å². The number of carboxylic acids is 1. The molecule has 0 saturated heterocycles. The zero-order valence-electron chi connectivity index (χ0n) is 12.6. The summed E-state index contributed by atoms with van der Waals surface area (Å²) >= 11 is 0. The van der Waals surface area contributed by atoms with E-state index in [1.165, 1.54) is 19.3 Å². The molecule has 1 rings (SSSR count). The normalized spacial score (nSPS) is 18.9. The van der Waals surface area contributed by atoms with Crippen LogP contribution in [0, 0.1) is 5.92 Å². The topological polar surface area (TPSA) is 49.3 Å². The van der Waals surface area contributed by atoms with Crippen LogP contribution in [0.4, 0.5) is 0 Å². The van der Waals surface area contributed by atoms with Gasteiger partial charge in [-0.25, -0.2) is 0 Å². The molecule has 0 bridgehead atoms. The van der Waals surface area contributed by atoms with E-state index in [-0.39, 0.29) is 24.5 Å². The Bertz CT molecular complexity index is 278. The van der Waals surface area contributed by atoms with E-state index in [4.69, 9.17) is 0 Å². The van der Waals surface area contributed by atoms with E-state index in [2.05, 4.69) is 18.8 Å². The molecule has 1 fully saturated rings. The van der Waals surface area contributed by atoms with Crippen molar-refractivity contribution in [3.05, 3.63) is 12.7 Å². The van der Waals surface area contributed by atoms with Crippen LogP contribution in [0.25, 0.3) is 0 Å². The molecule has 0 aromatic heterocycles. The van der Waals surface area contributed by atoms with Gasteiger partial charge in [0.2, 0.25) is 0 Å². The number of hydrogen-bond donors (Lipinski definition) is 2. The first-order chi connectivity index (χ1) is 9.15. The highest BCUT2D eigenvalue weighted by molar-refractivity contribution is 5.85. The van der Waals surface area contributed by atoms with Gasteiger partial charge in [-0.15, -0.1) is 19.0 Å². The summed E-state index contributed by atoms with van der Waals surface area (Å²) in [6, 6.07) is -0.0671. The Morgan fingerprint density at radius 3 is 2.55 bits per heavy atom. The van der Waals surface area contributed by atoms with Gasteiger partial charge < -0.3 is 10.4 Å². The number of aliphatic carboxylic acids is 1. The molecule has 20 heavy (non-hydrogen) atoms. The van der Waals surface area contributed by atoms with Crippen LogP contribution in [-0.4, -0.2) is 23.2 Å². The average molecular weight is 304 g/mol. The summed E-state index contributed by atoms with van der Waals surface area (Å²) in [4.78, 5) is 11.4. The number of carboxylic acid groups (broad SMARTS) is 1. The van der Waals surface area contributed by atoms with E-state index in [1.807, 2.05) is 6.08 Å². The minimum absolute atomic E-state index is 0. The van der Waals surface area contributed by atoms with Crippen molar-refractivity contribution < 1.29 is 9.90 Å². The van der Waals surface area contributed by atoms with E-state index < -0.39 is 5.97 Å². The van der Waals surface area contributed by atoms with Crippen LogP contribution < -0.4 is 5.32 Å². The third-order valence-electron chi connectivity index (χ3n) is 4.15. The van der Waals surface area contributed by atoms with Crippen molar-refractivity contribution in [1.29, 1.82) is 0 Å². The molecule has 0 aromatic rings. The predicted molar refractivity (Wildman–Crippen MR) is 86.5 cm³/mol. The molecule has 3 nitrogen and oxygen atoms in total. The van der Waals surface area contributed by atoms with E-state index in [1.54, 1.807) is 0 Å². The molecule has 2 N–H and O–H groups in total. The highest BCUT2D eigenvalue weighted by Crippen LogP contribution is 2.27. The van der Waals surface area contributed by atoms with Crippen molar-refractivity contribution in [2.75, 3.05) is 0 Å². The van der Waals surface area contributed by atoms with Crippen LogP contribution >= 0.6 is 12.4 Å². The maximum atomic E-state index is 11.4. The molecule has 0 heterocycles. The summed E-state index contributed by atoms with van der Waals surface area (Å²) in [7, 11) is 0. The third kappa shape index (κ3) is 7.30. The minimum atomic E-state index is -0.676. The van der Waals surface area contributed by atoms with Gasteiger partial charge in [0, 0.05) is 6.04 Å². The second kappa shape index (κ2) is 11.2. The molecule has 1 saturated carbocycles. The smallest absolute Gasteiger partial charge is 0.320 e. The monoisotopic (exact) mass is 303 g/mol. The molecule has 118 valence electrons. The first-order valence-electron chi connectivity index (χ1n) is 7.75. The number of allylic oxidation sites excluding steroid dienone is 1. The zero-order chi connectivity index (χ0) is 14.1. The van der Waals surface area contributed by atoms with E-state index in [0.29, 0.717) is 5.92 Å². The van der Waals surface area contributed by atoms with E-state index in [0.717, 1.165) is 38.5 Å². The summed E-state index contributed by atoms with van der Waals surface area (Å²) in [5, 5.41) is 12.7. The number of halogens is 1. The van der Waals surface area contributed by atoms with Gasteiger partial charge in [0.15, 0.2) is 0 Å². The van der Waals surface area contributed by atoms with Crippen LogP contribution in [0.15, 0.2) is 12.7 Å². The molecule has 4 heteroatoms. The summed E-state index contributed by atoms with van der Waals surface area (Å²) < 4.78 is 0. The quantitative estimate of drug-likeness (QED) is 0.496. The Morgan fingerprint density at radius 1 is 1.35 bits per heavy atom. The van der Waals surface area contributed by atoms with Gasteiger partial charge >= 0.3 is 5.97 Å². The molecule has 0 aromatic carbocycles. The predicted octanol–water partition coefficient (Wildman–Crippen LogP) is 4.17. The molecule has 0 aliphatic heterocycles. The van der Waals surface area contributed by atoms with Crippen LogP contribution in [0.3, 0.4) is 0 Å². The number of hydrogen-bond acceptors (Lipinski definition) is 2. The maximum absolute atomic E-state index is 11.4. The first-order valence-corrected chi connectivity index (χ1v) is 7.75. The van der Waals surface area contributed by atoms with E-state index >= 15 is 0 Å². The lowest BCUT2D eigenvalue weighted by atomic mass is 9.83. The fraction of sp³-hybridized carbons (Fsp3) is 0.812. The maximum Gasteiger partial charge on any atom is 0.320 e. The second-order valence-electron chi connectivity index (χ2n) is 5.85. The van der Waals surface area contributed by atoms with Gasteiger partial charge in [-0.3, -0.25) is 4.79 Å². The van der Waals surface area contributed by atoms with Crippen molar-refractivity contribution in [1.82, 2.24) is 5.32 Å². The van der Waals surface area contributed by atoms with Crippen LogP contribution in [0.2, 0.25) is 0 Å². The first kappa shape index (κ1) is 19.5. The number of rotatable bonds is 9. The standard InChI is InChI=1S/C16H29NO2.ClH/c1-3-4-5-7-10-13(2)17-15(16(18)19)14-11-8-6-9-12-14;/h3,13-15,17H,1,4-12H2,2H3,(H,18,19);1H/t13?,15-;/m0./s1. The van der Waals surface area contributed by atoms with Gasteiger partial charge in [-0.1, -0.05) is 31.8 Å². The van der Waals surface area contributed by atoms with Crippen molar-refractivity contribution in [3.8, 4) is 0 Å². The van der Waals surface area contributed by atoms with Crippen molar-refractivity contribution >= 4 is 18.4 Å². The Hall–Kier alpha value is -0.540. The largest absolute Gasteiger partial charge is 0.480 e. The van der Waals surface area contributed by atoms with Crippen LogP contribution in [-0.2, 0) is 4.79 Å². The molecule has 1 aliphatic rings. The van der Waals surface area contributed by atoms with Gasteiger partial charge in [-0.05, 0) is 44.9 Å². The lowest BCUT2D eigenvalue weighted by Gasteiger charge is -2.30. The average Bonchev–Trinajstić information content (AvgIpc) is 2.41. The fourth-order valence-electron chi connectivity index (χ4n) is 3.01. The van der Waals surface area contributed by atoms with Gasteiger partial charge in [0.1, 0.15) is 6.04 Å². The molecule has 0 amide bonds. The molecule has 0 spiro atoms. The number of carbonyl (C=O) groups is 1. The summed E-state index contributed by atoms with van der Waals surface area (Å²) in [5.41, 5.74) is 0. The molecular weight excluding hydrogens is 274 g/mol. The Morgan fingerprint density at radius 2 is 2.00 bits per heavy atom. The van der Waals surface area contributed by atoms with Crippen molar-refractivity contribution in [2.45, 2.75) is 76.8 Å². The Balaban J connectivity index is 0.00000361. The molecule has 2 atom stereocenters. The molecule has 1 aliphatic carbocycles. The second-order valence-corrected chi connectivity index (χ2v) is 5.85. The number of nitrogens with one attached hydrogen (secondary N) is 1. The van der Waals surface area contributed by atoms with Gasteiger partial charge in [0.05, 0.1) is 0 Å². The van der Waals surface area contributed by atoms with Gasteiger partial charge in [0.25, 0.3) is 0 Å². The SMILES string of the molecule is C=CCCCCC(C)N[C@H](C(=O)O)C1CCCCC1.Cl. The minimum Gasteiger partial charge on any atom is -0.480 e. The highest BCUT2D eigenvalue weighted by Gasteiger charge is 2.29. The third-order valence-corrected chi connectivity index (χ3v) is 4.15.